The van der Waals surface area contributed by atoms with Gasteiger partial charge < -0.3 is 19.2 Å². The summed E-state index contributed by atoms with van der Waals surface area (Å²) in [5.74, 6) is -1.91. The van der Waals surface area contributed by atoms with Crippen LogP contribution in [0.25, 0.3) is 16.9 Å². The topological polar surface area (TPSA) is 108 Å². The van der Waals surface area contributed by atoms with Crippen LogP contribution in [0.5, 0.6) is 17.2 Å². The third-order valence-corrected chi connectivity index (χ3v) is 5.50. The summed E-state index contributed by atoms with van der Waals surface area (Å²) in [6.07, 6.45) is 0. The lowest BCUT2D eigenvalue weighted by molar-refractivity contribution is 0.101. The van der Waals surface area contributed by atoms with Gasteiger partial charge in [0.05, 0.1) is 30.5 Å². The zero-order valence-electron chi connectivity index (χ0n) is 19.0. The van der Waals surface area contributed by atoms with Crippen molar-refractivity contribution in [1.29, 1.82) is 0 Å². The Bertz CT molecular complexity index is 1530. The number of aryl methyl sites for hydroxylation is 1. The largest absolute Gasteiger partial charge is 0.496 e. The summed E-state index contributed by atoms with van der Waals surface area (Å²) in [7, 11) is 2.69. The summed E-state index contributed by atoms with van der Waals surface area (Å²) < 4.78 is 45.5. The Morgan fingerprint density at radius 3 is 2.49 bits per heavy atom. The summed E-state index contributed by atoms with van der Waals surface area (Å²) in [6, 6.07) is 5.02. The quantitative estimate of drug-likeness (QED) is 0.377. The second kappa shape index (κ2) is 9.34. The van der Waals surface area contributed by atoms with Gasteiger partial charge in [-0.1, -0.05) is 11.6 Å². The van der Waals surface area contributed by atoms with Gasteiger partial charge in [-0.25, -0.2) is 28.1 Å². The van der Waals surface area contributed by atoms with Crippen molar-refractivity contribution in [2.45, 2.75) is 20.5 Å². The van der Waals surface area contributed by atoms with Gasteiger partial charge in [-0.3, -0.25) is 4.79 Å². The Kier molecular flexibility index (Phi) is 6.44. The van der Waals surface area contributed by atoms with Crippen LogP contribution < -0.4 is 19.9 Å². The van der Waals surface area contributed by atoms with Crippen molar-refractivity contribution in [2.24, 2.45) is 0 Å². The minimum atomic E-state index is -1.12. The molecule has 0 atom stereocenters. The van der Waals surface area contributed by atoms with E-state index in [1.807, 2.05) is 0 Å². The lowest BCUT2D eigenvalue weighted by atomic mass is 10.2. The number of halogens is 3. The maximum Gasteiger partial charge on any atom is 0.332 e. The number of ether oxygens (including phenoxy) is 3. The number of carbonyl (C=O) groups is 1. The van der Waals surface area contributed by atoms with Crippen LogP contribution in [0.4, 0.5) is 8.78 Å². The van der Waals surface area contributed by atoms with E-state index in [-0.39, 0.29) is 62.0 Å². The van der Waals surface area contributed by atoms with E-state index >= 15 is 0 Å². The van der Waals surface area contributed by atoms with Crippen molar-refractivity contribution in [1.82, 2.24) is 19.5 Å². The van der Waals surface area contributed by atoms with Crippen molar-refractivity contribution < 1.29 is 27.8 Å². The molecule has 0 fully saturated rings. The number of carbonyl (C=O) groups excluding carboxylic acids is 1. The zero-order chi connectivity index (χ0) is 25.4. The highest BCUT2D eigenvalue weighted by Crippen LogP contribution is 2.37. The van der Waals surface area contributed by atoms with Crippen LogP contribution in [0.15, 0.2) is 29.1 Å². The van der Waals surface area contributed by atoms with E-state index in [0.29, 0.717) is 0 Å². The number of methoxy groups -OCH3 is 2. The summed E-state index contributed by atoms with van der Waals surface area (Å²) in [5.41, 5.74) is -0.295. The Hall–Kier alpha value is -3.99. The van der Waals surface area contributed by atoms with Gasteiger partial charge in [0.15, 0.2) is 34.6 Å². The molecule has 0 unspecified atom stereocenters. The highest BCUT2D eigenvalue weighted by Gasteiger charge is 2.22. The molecule has 0 bridgehead atoms. The van der Waals surface area contributed by atoms with Crippen molar-refractivity contribution in [3.05, 3.63) is 68.5 Å². The van der Waals surface area contributed by atoms with E-state index in [0.717, 1.165) is 10.6 Å². The minimum absolute atomic E-state index is 0.0538. The molecule has 4 aromatic rings. The number of hydrogen-bond donors (Lipinski definition) is 1. The normalized spacial score (nSPS) is 11.1. The highest BCUT2D eigenvalue weighted by molar-refractivity contribution is 6.32. The number of nitrogens with one attached hydrogen (secondary N) is 1. The fourth-order valence-electron chi connectivity index (χ4n) is 3.59. The number of aromatic amines is 1. The number of benzene rings is 2. The van der Waals surface area contributed by atoms with E-state index in [9.17, 15) is 18.4 Å². The van der Waals surface area contributed by atoms with E-state index in [1.165, 1.54) is 39.3 Å². The average molecular weight is 505 g/mol. The molecule has 2 aromatic heterocycles. The summed E-state index contributed by atoms with van der Waals surface area (Å²) in [5, 5.41) is 0.104. The first-order valence-corrected chi connectivity index (χ1v) is 10.6. The summed E-state index contributed by atoms with van der Waals surface area (Å²) >= 11 is 6.45. The monoisotopic (exact) mass is 504 g/mol. The number of ketones is 1. The fourth-order valence-corrected chi connectivity index (χ4v) is 3.83. The van der Waals surface area contributed by atoms with Crippen molar-refractivity contribution in [3.8, 4) is 22.9 Å². The number of fused-ring (bicyclic) bond motifs is 1. The van der Waals surface area contributed by atoms with E-state index in [1.54, 1.807) is 6.92 Å². The molecule has 182 valence electrons. The number of hydrogen-bond acceptors (Lipinski definition) is 7. The van der Waals surface area contributed by atoms with Crippen LogP contribution in [0, 0.1) is 18.6 Å². The predicted molar refractivity (Wildman–Crippen MR) is 123 cm³/mol. The number of rotatable bonds is 7. The van der Waals surface area contributed by atoms with Gasteiger partial charge in [0.2, 0.25) is 0 Å². The van der Waals surface area contributed by atoms with E-state index in [4.69, 9.17) is 25.8 Å². The molecule has 1 N–H and O–H groups in total. The van der Waals surface area contributed by atoms with Gasteiger partial charge in [0.25, 0.3) is 0 Å². The van der Waals surface area contributed by atoms with Gasteiger partial charge in [0, 0.05) is 19.1 Å². The van der Waals surface area contributed by atoms with Crippen LogP contribution in [0.1, 0.15) is 28.8 Å². The second-order valence-electron chi connectivity index (χ2n) is 7.43. The first-order valence-electron chi connectivity index (χ1n) is 10.2. The van der Waals surface area contributed by atoms with E-state index in [2.05, 4.69) is 15.0 Å². The third-order valence-electron chi connectivity index (χ3n) is 5.20. The van der Waals surface area contributed by atoms with Crippen LogP contribution >= 0.6 is 11.6 Å². The second-order valence-corrected chi connectivity index (χ2v) is 7.83. The standard InChI is InChI=1S/C23H19ClF2N4O5/c1-10(31)20-21-22(28-11(2)27-20)30(23(32)29-21)15-8-18(17(34-4)7-13(15)24)35-9-12-16(33-3)6-5-14(25)19(12)26/h5-8H,9H2,1-4H3,(H,29,32). The molecule has 4 rings (SSSR count). The number of imidazole rings is 1. The van der Waals surface area contributed by atoms with Gasteiger partial charge in [-0.05, 0) is 19.1 Å². The molecule has 12 heteroatoms. The predicted octanol–water partition coefficient (Wildman–Crippen LogP) is 4.15. The molecule has 0 amide bonds. The maximum absolute atomic E-state index is 14.4. The van der Waals surface area contributed by atoms with Gasteiger partial charge in [-0.2, -0.15) is 0 Å². The van der Waals surface area contributed by atoms with Gasteiger partial charge >= 0.3 is 5.69 Å². The van der Waals surface area contributed by atoms with Crippen molar-refractivity contribution >= 4 is 28.5 Å². The zero-order valence-corrected chi connectivity index (χ0v) is 19.8. The molecule has 0 saturated heterocycles. The third kappa shape index (κ3) is 4.30. The number of H-pyrrole nitrogens is 1. The summed E-state index contributed by atoms with van der Waals surface area (Å²) in [4.78, 5) is 35.9. The molecule has 0 aliphatic carbocycles. The molecular formula is C23H19ClF2N4O5. The lowest BCUT2D eigenvalue weighted by Gasteiger charge is -2.16. The Labute approximate surface area is 202 Å². The number of Topliss-reactive ketones (excluding diaryl/α,β-unsaturated/α-hetero) is 1. The van der Waals surface area contributed by atoms with Crippen LogP contribution in [-0.2, 0) is 6.61 Å². The van der Waals surface area contributed by atoms with Crippen LogP contribution in [0.3, 0.4) is 0 Å². The van der Waals surface area contributed by atoms with Crippen molar-refractivity contribution in [3.63, 3.8) is 0 Å². The van der Waals surface area contributed by atoms with Crippen LogP contribution in [-0.4, -0.2) is 39.5 Å². The highest BCUT2D eigenvalue weighted by atomic mass is 35.5. The Morgan fingerprint density at radius 2 is 1.83 bits per heavy atom. The Balaban J connectivity index is 1.85. The van der Waals surface area contributed by atoms with Gasteiger partial charge in [-0.15, -0.1) is 0 Å². The first-order chi connectivity index (χ1) is 16.7. The smallest absolute Gasteiger partial charge is 0.332 e. The van der Waals surface area contributed by atoms with E-state index < -0.39 is 23.9 Å². The molecule has 0 aliphatic rings. The number of aromatic nitrogens is 4. The van der Waals surface area contributed by atoms with Crippen molar-refractivity contribution in [2.75, 3.05) is 14.2 Å². The molecule has 35 heavy (non-hydrogen) atoms. The molecule has 0 aliphatic heterocycles. The average Bonchev–Trinajstić information content (AvgIpc) is 3.14. The maximum atomic E-state index is 14.4. The molecule has 0 saturated carbocycles. The van der Waals surface area contributed by atoms with Gasteiger partial charge in [0.1, 0.15) is 29.4 Å². The lowest BCUT2D eigenvalue weighted by Crippen LogP contribution is -2.16. The SMILES string of the molecule is COc1cc(Cl)c(-n2c(=O)[nH]c3c(C(C)=O)nc(C)nc32)cc1OCc1c(OC)ccc(F)c1F. The molecule has 0 radical (unpaired) electrons. The molecule has 9 nitrogen and oxygen atoms in total. The molecule has 2 heterocycles. The molecular weight excluding hydrogens is 486 g/mol. The fraction of sp³-hybridized carbons (Fsp3) is 0.217. The van der Waals surface area contributed by atoms with Crippen LogP contribution in [0.2, 0.25) is 5.02 Å². The number of nitrogens with zero attached hydrogens (tertiary/aromatic N) is 3. The minimum Gasteiger partial charge on any atom is -0.496 e. The summed E-state index contributed by atoms with van der Waals surface area (Å²) in [6.45, 7) is 2.49. The first kappa shape index (κ1) is 24.1. The Morgan fingerprint density at radius 1 is 1.11 bits per heavy atom. The molecule has 0 spiro atoms. The molecule has 2 aromatic carbocycles.